The third-order valence-corrected chi connectivity index (χ3v) is 2.35. The molecule has 0 amide bonds. The van der Waals surface area contributed by atoms with Crippen LogP contribution in [-0.2, 0) is 6.42 Å². The van der Waals surface area contributed by atoms with E-state index in [0.717, 1.165) is 10.9 Å². The highest BCUT2D eigenvalue weighted by molar-refractivity contribution is 9.10. The van der Waals surface area contributed by atoms with Crippen LogP contribution < -0.4 is 5.73 Å². The van der Waals surface area contributed by atoms with Gasteiger partial charge in [-0.2, -0.15) is 4.39 Å². The van der Waals surface area contributed by atoms with Gasteiger partial charge in [-0.05, 0) is 48.7 Å². The number of hydrogen-bond donors (Lipinski definition) is 1. The first-order chi connectivity index (χ1) is 6.38. The van der Waals surface area contributed by atoms with E-state index in [9.17, 15) is 4.39 Å². The summed E-state index contributed by atoms with van der Waals surface area (Å²) < 4.78 is 14.0. The molecule has 1 aromatic rings. The van der Waals surface area contributed by atoms with Crippen molar-refractivity contribution < 1.29 is 4.39 Å². The van der Waals surface area contributed by atoms with Gasteiger partial charge in [0.1, 0.15) is 0 Å². The van der Waals surface area contributed by atoms with Gasteiger partial charge in [-0.15, -0.1) is 0 Å². The normalized spacial score (nSPS) is 11.8. The molecule has 0 aliphatic heterocycles. The molecule has 14 heavy (non-hydrogen) atoms. The number of hydrogen-bond acceptors (Lipinski definition) is 2. The molecule has 2 nitrogen and oxygen atoms in total. The van der Waals surface area contributed by atoms with Crippen molar-refractivity contribution in [2.24, 2.45) is 5.73 Å². The van der Waals surface area contributed by atoms with E-state index in [1.165, 1.54) is 6.20 Å². The molecule has 2 N–H and O–H groups in total. The molecule has 0 unspecified atom stereocenters. The molecule has 0 saturated heterocycles. The highest BCUT2D eigenvalue weighted by atomic mass is 79.9. The Labute approximate surface area is 91.8 Å². The summed E-state index contributed by atoms with van der Waals surface area (Å²) in [5, 5.41) is 0. The first-order valence-corrected chi connectivity index (χ1v) is 5.26. The molecule has 1 rings (SSSR count). The minimum absolute atomic E-state index is 0.269. The largest absolute Gasteiger partial charge is 0.326 e. The lowest BCUT2D eigenvalue weighted by Crippen LogP contribution is -2.32. The third-order valence-electron chi connectivity index (χ3n) is 1.92. The Kier molecular flexibility index (Phi) is 3.61. The lowest BCUT2D eigenvalue weighted by Gasteiger charge is -2.17. The summed E-state index contributed by atoms with van der Waals surface area (Å²) in [6.45, 7) is 3.85. The molecule has 1 aromatic heterocycles. The Hall–Kier alpha value is -0.480. The standard InChI is InChI=1S/C10H14BrFN2/c1-10(2,13)4-3-7-5-8(11)6-14-9(7)12/h5-6H,3-4,13H2,1-2H3. The number of aryl methyl sites for hydroxylation is 1. The summed E-state index contributed by atoms with van der Waals surface area (Å²) in [6, 6.07) is 1.74. The molecule has 0 fully saturated rings. The molecule has 78 valence electrons. The monoisotopic (exact) mass is 260 g/mol. The van der Waals surface area contributed by atoms with Crippen LogP contribution in [0.1, 0.15) is 25.8 Å². The van der Waals surface area contributed by atoms with Crippen LogP contribution in [-0.4, -0.2) is 10.5 Å². The SMILES string of the molecule is CC(C)(N)CCc1cc(Br)cnc1F. The fourth-order valence-corrected chi connectivity index (χ4v) is 1.48. The lowest BCUT2D eigenvalue weighted by atomic mass is 9.97. The highest BCUT2D eigenvalue weighted by Gasteiger charge is 2.12. The molecule has 1 heterocycles. The van der Waals surface area contributed by atoms with Crippen molar-refractivity contribution in [2.45, 2.75) is 32.2 Å². The van der Waals surface area contributed by atoms with Gasteiger partial charge in [0.15, 0.2) is 0 Å². The first kappa shape index (κ1) is 11.6. The zero-order valence-corrected chi connectivity index (χ0v) is 9.94. The van der Waals surface area contributed by atoms with Gasteiger partial charge in [0.05, 0.1) is 0 Å². The Morgan fingerprint density at radius 1 is 1.57 bits per heavy atom. The van der Waals surface area contributed by atoms with Crippen molar-refractivity contribution >= 4 is 15.9 Å². The maximum absolute atomic E-state index is 13.2. The highest BCUT2D eigenvalue weighted by Crippen LogP contribution is 2.17. The van der Waals surface area contributed by atoms with Gasteiger partial charge >= 0.3 is 0 Å². The van der Waals surface area contributed by atoms with Crippen LogP contribution >= 0.6 is 15.9 Å². The van der Waals surface area contributed by atoms with E-state index in [-0.39, 0.29) is 5.54 Å². The maximum atomic E-state index is 13.2. The van der Waals surface area contributed by atoms with Crippen molar-refractivity contribution in [1.29, 1.82) is 0 Å². The van der Waals surface area contributed by atoms with Crippen molar-refractivity contribution in [3.8, 4) is 0 Å². The smallest absolute Gasteiger partial charge is 0.216 e. The number of halogens is 2. The second-order valence-electron chi connectivity index (χ2n) is 4.09. The predicted octanol–water partition coefficient (Wildman–Crippen LogP) is 2.65. The molecule has 0 radical (unpaired) electrons. The van der Waals surface area contributed by atoms with E-state index in [2.05, 4.69) is 20.9 Å². The number of nitrogens with two attached hydrogens (primary N) is 1. The lowest BCUT2D eigenvalue weighted by molar-refractivity contribution is 0.466. The second kappa shape index (κ2) is 4.36. The third kappa shape index (κ3) is 3.72. The average molecular weight is 261 g/mol. The molecule has 0 atom stereocenters. The topological polar surface area (TPSA) is 38.9 Å². The van der Waals surface area contributed by atoms with Crippen LogP contribution in [0.25, 0.3) is 0 Å². The number of pyridine rings is 1. The maximum Gasteiger partial charge on any atom is 0.216 e. The Bertz CT molecular complexity index is 320. The van der Waals surface area contributed by atoms with Crippen molar-refractivity contribution in [1.82, 2.24) is 4.98 Å². The quantitative estimate of drug-likeness (QED) is 0.849. The number of rotatable bonds is 3. The summed E-state index contributed by atoms with van der Waals surface area (Å²) in [4.78, 5) is 3.62. The molecule has 0 aliphatic rings. The summed E-state index contributed by atoms with van der Waals surface area (Å²) in [5.74, 6) is -0.405. The van der Waals surface area contributed by atoms with Crippen molar-refractivity contribution in [3.63, 3.8) is 0 Å². The van der Waals surface area contributed by atoms with Gasteiger partial charge in [0.25, 0.3) is 0 Å². The van der Waals surface area contributed by atoms with Crippen LogP contribution in [0.15, 0.2) is 16.7 Å². The fourth-order valence-electron chi connectivity index (χ4n) is 1.10. The van der Waals surface area contributed by atoms with Gasteiger partial charge < -0.3 is 5.73 Å². The molecule has 4 heteroatoms. The summed E-state index contributed by atoms with van der Waals surface area (Å²) in [7, 11) is 0. The molecule has 0 bridgehead atoms. The molecule has 0 spiro atoms. The van der Waals surface area contributed by atoms with E-state index in [0.29, 0.717) is 12.0 Å². The van der Waals surface area contributed by atoms with Gasteiger partial charge in [-0.3, -0.25) is 0 Å². The Morgan fingerprint density at radius 2 is 2.21 bits per heavy atom. The van der Waals surface area contributed by atoms with Crippen LogP contribution in [0.4, 0.5) is 4.39 Å². The molecular weight excluding hydrogens is 247 g/mol. The summed E-state index contributed by atoms with van der Waals surface area (Å²) in [5.41, 5.74) is 6.16. The van der Waals surface area contributed by atoms with Crippen molar-refractivity contribution in [3.05, 3.63) is 28.2 Å². The van der Waals surface area contributed by atoms with Crippen LogP contribution in [0.3, 0.4) is 0 Å². The Morgan fingerprint density at radius 3 is 2.79 bits per heavy atom. The van der Waals surface area contributed by atoms with E-state index >= 15 is 0 Å². The second-order valence-corrected chi connectivity index (χ2v) is 5.01. The minimum Gasteiger partial charge on any atom is -0.326 e. The Balaban J connectivity index is 2.72. The average Bonchev–Trinajstić information content (AvgIpc) is 2.05. The number of nitrogens with zero attached hydrogens (tertiary/aromatic N) is 1. The van der Waals surface area contributed by atoms with Crippen molar-refractivity contribution in [2.75, 3.05) is 0 Å². The molecule has 0 aliphatic carbocycles. The van der Waals surface area contributed by atoms with E-state index in [4.69, 9.17) is 5.73 Å². The van der Waals surface area contributed by atoms with Gasteiger partial charge in [0.2, 0.25) is 5.95 Å². The van der Waals surface area contributed by atoms with Gasteiger partial charge in [-0.1, -0.05) is 0 Å². The number of aromatic nitrogens is 1. The van der Waals surface area contributed by atoms with E-state index in [1.807, 2.05) is 13.8 Å². The van der Waals surface area contributed by atoms with E-state index < -0.39 is 5.95 Å². The van der Waals surface area contributed by atoms with Gasteiger partial charge in [-0.25, -0.2) is 4.98 Å². The van der Waals surface area contributed by atoms with Crippen LogP contribution in [0, 0.1) is 5.95 Å². The summed E-state index contributed by atoms with van der Waals surface area (Å²) in [6.07, 6.45) is 2.80. The molecule has 0 saturated carbocycles. The van der Waals surface area contributed by atoms with Crippen LogP contribution in [0.2, 0.25) is 0 Å². The molecule has 0 aromatic carbocycles. The first-order valence-electron chi connectivity index (χ1n) is 4.47. The van der Waals surface area contributed by atoms with E-state index in [1.54, 1.807) is 6.07 Å². The zero-order valence-electron chi connectivity index (χ0n) is 8.35. The summed E-state index contributed by atoms with van der Waals surface area (Å²) >= 11 is 3.26. The fraction of sp³-hybridized carbons (Fsp3) is 0.500. The van der Waals surface area contributed by atoms with Gasteiger partial charge in [0, 0.05) is 21.8 Å². The minimum atomic E-state index is -0.405. The zero-order chi connectivity index (χ0) is 10.8. The molecular formula is C10H14BrFN2. The predicted molar refractivity (Wildman–Crippen MR) is 58.5 cm³/mol. The van der Waals surface area contributed by atoms with Crippen LogP contribution in [0.5, 0.6) is 0 Å².